The fourth-order valence-corrected chi connectivity index (χ4v) is 4.25. The van der Waals surface area contributed by atoms with Crippen molar-refractivity contribution in [3.8, 4) is 11.4 Å². The van der Waals surface area contributed by atoms with Gasteiger partial charge >= 0.3 is 0 Å². The molecule has 0 aliphatic carbocycles. The van der Waals surface area contributed by atoms with Gasteiger partial charge in [0.2, 0.25) is 0 Å². The predicted molar refractivity (Wildman–Crippen MR) is 113 cm³/mol. The number of hydrogen-bond acceptors (Lipinski definition) is 4. The van der Waals surface area contributed by atoms with Crippen molar-refractivity contribution in [3.05, 3.63) is 85.5 Å². The highest BCUT2D eigenvalue weighted by Gasteiger charge is 2.17. The summed E-state index contributed by atoms with van der Waals surface area (Å²) in [5.41, 5.74) is 7.59. The molecule has 6 aromatic heterocycles. The second-order valence-electron chi connectivity index (χ2n) is 7.09. The fourth-order valence-electron chi connectivity index (χ4n) is 4.25. The molecule has 8 heteroatoms. The Labute approximate surface area is 169 Å². The Bertz CT molecular complexity index is 1590. The molecule has 7 rings (SSSR count). The third-order valence-electron chi connectivity index (χ3n) is 5.46. The zero-order chi connectivity index (χ0) is 19.7. The second kappa shape index (κ2) is 5.54. The van der Waals surface area contributed by atoms with E-state index in [1.165, 1.54) is 0 Å². The molecule has 7 aromatic rings. The predicted octanol–water partition coefficient (Wildman–Crippen LogP) is 3.66. The zero-order valence-electron chi connectivity index (χ0n) is 15.7. The van der Waals surface area contributed by atoms with E-state index in [-0.39, 0.29) is 0 Å². The standard InChI is InChI=1S/C22H14N8/c1-4-15(27-19-8-12-25-29(19)17-6-2-10-23-21(17)27)14-16(5-1)28-20-9-13-26-30(20)18-7-3-11-24-22(18)28/h1-14H. The highest BCUT2D eigenvalue weighted by molar-refractivity contribution is 5.82. The minimum atomic E-state index is 0.864. The molecule has 0 saturated heterocycles. The van der Waals surface area contributed by atoms with Crippen molar-refractivity contribution in [2.24, 2.45) is 0 Å². The molecular weight excluding hydrogens is 376 g/mol. The van der Waals surface area contributed by atoms with Crippen molar-refractivity contribution >= 4 is 33.6 Å². The molecular formula is C22H14N8. The van der Waals surface area contributed by atoms with Gasteiger partial charge in [0.1, 0.15) is 22.3 Å². The molecule has 0 spiro atoms. The van der Waals surface area contributed by atoms with Crippen LogP contribution in [-0.4, -0.2) is 38.3 Å². The van der Waals surface area contributed by atoms with E-state index in [4.69, 9.17) is 0 Å². The molecule has 0 aliphatic heterocycles. The number of nitrogens with zero attached hydrogens (tertiary/aromatic N) is 8. The van der Waals surface area contributed by atoms with Crippen LogP contribution in [0.2, 0.25) is 0 Å². The van der Waals surface area contributed by atoms with Crippen LogP contribution < -0.4 is 0 Å². The molecule has 0 unspecified atom stereocenters. The summed E-state index contributed by atoms with van der Waals surface area (Å²) >= 11 is 0. The summed E-state index contributed by atoms with van der Waals surface area (Å²) in [6.45, 7) is 0. The van der Waals surface area contributed by atoms with Crippen molar-refractivity contribution in [1.29, 1.82) is 0 Å². The molecule has 0 fully saturated rings. The molecule has 30 heavy (non-hydrogen) atoms. The lowest BCUT2D eigenvalue weighted by atomic mass is 10.2. The monoisotopic (exact) mass is 390 g/mol. The first-order valence-electron chi connectivity index (χ1n) is 9.59. The van der Waals surface area contributed by atoms with Gasteiger partial charge in [0.25, 0.3) is 0 Å². The largest absolute Gasteiger partial charge is 0.277 e. The van der Waals surface area contributed by atoms with Crippen LogP contribution in [0.1, 0.15) is 0 Å². The molecule has 0 saturated carbocycles. The summed E-state index contributed by atoms with van der Waals surface area (Å²) in [6.07, 6.45) is 7.23. The quantitative estimate of drug-likeness (QED) is 0.452. The van der Waals surface area contributed by atoms with E-state index in [9.17, 15) is 0 Å². The van der Waals surface area contributed by atoms with Gasteiger partial charge in [0.15, 0.2) is 11.3 Å². The molecule has 142 valence electrons. The molecule has 0 bridgehead atoms. The van der Waals surface area contributed by atoms with Crippen LogP contribution in [0.25, 0.3) is 45.0 Å². The summed E-state index contributed by atoms with van der Waals surface area (Å²) in [5.74, 6) is 0. The lowest BCUT2D eigenvalue weighted by Crippen LogP contribution is -1.99. The fraction of sp³-hybridized carbons (Fsp3) is 0. The molecule has 1 aromatic carbocycles. The summed E-state index contributed by atoms with van der Waals surface area (Å²) in [7, 11) is 0. The van der Waals surface area contributed by atoms with Gasteiger partial charge in [-0.05, 0) is 42.5 Å². The van der Waals surface area contributed by atoms with Crippen molar-refractivity contribution in [1.82, 2.24) is 38.3 Å². The minimum absolute atomic E-state index is 0.864. The first-order valence-corrected chi connectivity index (χ1v) is 9.59. The average molecular weight is 390 g/mol. The Balaban J connectivity index is 1.55. The second-order valence-corrected chi connectivity index (χ2v) is 7.09. The van der Waals surface area contributed by atoms with Crippen LogP contribution >= 0.6 is 0 Å². The van der Waals surface area contributed by atoms with Crippen molar-refractivity contribution in [2.45, 2.75) is 0 Å². The van der Waals surface area contributed by atoms with E-state index < -0.39 is 0 Å². The molecule has 0 aliphatic rings. The summed E-state index contributed by atoms with van der Waals surface area (Å²) in [4.78, 5) is 9.24. The van der Waals surface area contributed by atoms with Gasteiger partial charge in [-0.25, -0.2) is 19.0 Å². The molecule has 0 N–H and O–H groups in total. The molecule has 6 heterocycles. The number of imidazole rings is 2. The molecule has 0 atom stereocenters. The highest BCUT2D eigenvalue weighted by Crippen LogP contribution is 2.27. The maximum absolute atomic E-state index is 4.62. The van der Waals surface area contributed by atoms with Crippen LogP contribution in [0.5, 0.6) is 0 Å². The number of aromatic nitrogens is 8. The van der Waals surface area contributed by atoms with Gasteiger partial charge in [-0.15, -0.1) is 0 Å². The summed E-state index contributed by atoms with van der Waals surface area (Å²) in [5, 5.41) is 8.94. The Morgan fingerprint density at radius 1 is 0.533 bits per heavy atom. The topological polar surface area (TPSA) is 70.2 Å². The van der Waals surface area contributed by atoms with E-state index in [1.54, 1.807) is 24.8 Å². The van der Waals surface area contributed by atoms with E-state index in [0.717, 1.165) is 45.0 Å². The van der Waals surface area contributed by atoms with E-state index in [2.05, 4.69) is 47.5 Å². The van der Waals surface area contributed by atoms with Gasteiger partial charge in [0, 0.05) is 24.5 Å². The van der Waals surface area contributed by atoms with Crippen LogP contribution in [-0.2, 0) is 0 Å². The smallest absolute Gasteiger partial charge is 0.164 e. The zero-order valence-corrected chi connectivity index (χ0v) is 15.7. The first kappa shape index (κ1) is 15.5. The maximum atomic E-state index is 4.62. The van der Waals surface area contributed by atoms with E-state index >= 15 is 0 Å². The lowest BCUT2D eigenvalue weighted by molar-refractivity contribution is 0.986. The molecule has 0 radical (unpaired) electrons. The minimum Gasteiger partial charge on any atom is -0.277 e. The number of hydrogen-bond donors (Lipinski definition) is 0. The van der Waals surface area contributed by atoms with Crippen molar-refractivity contribution in [2.75, 3.05) is 0 Å². The number of fused-ring (bicyclic) bond motifs is 6. The number of benzene rings is 1. The van der Waals surface area contributed by atoms with E-state index in [0.29, 0.717) is 0 Å². The van der Waals surface area contributed by atoms with Crippen LogP contribution in [0, 0.1) is 0 Å². The van der Waals surface area contributed by atoms with Crippen LogP contribution in [0.15, 0.2) is 85.5 Å². The van der Waals surface area contributed by atoms with Gasteiger partial charge in [-0.2, -0.15) is 10.2 Å². The average Bonchev–Trinajstić information content (AvgIpc) is 3.54. The Morgan fingerprint density at radius 2 is 1.07 bits per heavy atom. The van der Waals surface area contributed by atoms with Crippen molar-refractivity contribution in [3.63, 3.8) is 0 Å². The van der Waals surface area contributed by atoms with E-state index in [1.807, 2.05) is 51.5 Å². The molecule has 8 nitrogen and oxygen atoms in total. The first-order chi connectivity index (χ1) is 14.9. The summed E-state index contributed by atoms with van der Waals surface area (Å²) < 4.78 is 8.07. The van der Waals surface area contributed by atoms with Gasteiger partial charge in [0.05, 0.1) is 23.8 Å². The van der Waals surface area contributed by atoms with Gasteiger partial charge in [-0.3, -0.25) is 9.13 Å². The van der Waals surface area contributed by atoms with Crippen molar-refractivity contribution < 1.29 is 0 Å². The van der Waals surface area contributed by atoms with Crippen LogP contribution in [0.4, 0.5) is 0 Å². The Morgan fingerprint density at radius 3 is 1.60 bits per heavy atom. The van der Waals surface area contributed by atoms with Crippen LogP contribution in [0.3, 0.4) is 0 Å². The number of rotatable bonds is 2. The molecule has 0 amide bonds. The Hall–Kier alpha value is -4.46. The maximum Gasteiger partial charge on any atom is 0.164 e. The SMILES string of the molecule is c1cc(-n2c3ncccc3n3nccc23)cc(-n2c3ncccc3n3nccc23)c1. The lowest BCUT2D eigenvalue weighted by Gasteiger charge is -2.09. The normalized spacial score (nSPS) is 12.0. The van der Waals surface area contributed by atoms with Gasteiger partial charge < -0.3 is 0 Å². The Kier molecular flexibility index (Phi) is 2.86. The third kappa shape index (κ3) is 1.89. The third-order valence-corrected chi connectivity index (χ3v) is 5.46. The number of pyridine rings is 2. The highest BCUT2D eigenvalue weighted by atomic mass is 15.3. The summed E-state index contributed by atoms with van der Waals surface area (Å²) in [6, 6.07) is 20.3. The van der Waals surface area contributed by atoms with Gasteiger partial charge in [-0.1, -0.05) is 6.07 Å².